The first-order valence-electron chi connectivity index (χ1n) is 15.7. The van der Waals surface area contributed by atoms with E-state index in [1.165, 1.54) is 24.3 Å². The van der Waals surface area contributed by atoms with E-state index in [1.54, 1.807) is 24.3 Å². The molecule has 0 aliphatic heterocycles. The van der Waals surface area contributed by atoms with Crippen molar-refractivity contribution in [2.45, 2.75) is 0 Å². The summed E-state index contributed by atoms with van der Waals surface area (Å²) in [5.74, 6) is 0.313. The van der Waals surface area contributed by atoms with Gasteiger partial charge in [-0.05, 0) is 72.8 Å². The molecule has 0 atom stereocenters. The summed E-state index contributed by atoms with van der Waals surface area (Å²) in [5, 5.41) is 4.02. The summed E-state index contributed by atoms with van der Waals surface area (Å²) < 4.78 is 38.5. The zero-order valence-electron chi connectivity index (χ0n) is 25.5. The van der Waals surface area contributed by atoms with Gasteiger partial charge >= 0.3 is 6.01 Å². The molecule has 49 heavy (non-hydrogen) atoms. The topological polar surface area (TPSA) is 74.6 Å². The van der Waals surface area contributed by atoms with Crippen molar-refractivity contribution in [1.82, 2.24) is 29.1 Å². The fourth-order valence-electron chi connectivity index (χ4n) is 6.78. The van der Waals surface area contributed by atoms with Crippen molar-refractivity contribution in [2.24, 2.45) is 0 Å². The zero-order valence-corrected chi connectivity index (χ0v) is 25.5. The predicted molar refractivity (Wildman–Crippen MR) is 187 cm³/mol. The minimum absolute atomic E-state index is 0.349. The Morgan fingerprint density at radius 3 is 1.55 bits per heavy atom. The molecule has 0 fully saturated rings. The Morgan fingerprint density at radius 1 is 0.449 bits per heavy atom. The molecule has 4 aromatic heterocycles. The van der Waals surface area contributed by atoms with Crippen molar-refractivity contribution in [1.29, 1.82) is 0 Å². The molecule has 0 unspecified atom stereocenters. The first-order valence-corrected chi connectivity index (χ1v) is 15.7. The smallest absolute Gasteiger partial charge is 0.307 e. The van der Waals surface area contributed by atoms with Crippen molar-refractivity contribution in [2.75, 3.05) is 0 Å². The Kier molecular flexibility index (Phi) is 5.80. The van der Waals surface area contributed by atoms with Crippen LogP contribution in [-0.2, 0) is 0 Å². The summed E-state index contributed by atoms with van der Waals surface area (Å²) in [4.78, 5) is 19.7. The van der Waals surface area contributed by atoms with E-state index in [4.69, 9.17) is 24.4 Å². The van der Waals surface area contributed by atoms with Gasteiger partial charge in [0.25, 0.3) is 0 Å². The molecule has 6 aromatic carbocycles. The van der Waals surface area contributed by atoms with Gasteiger partial charge < -0.3 is 4.42 Å². The molecule has 0 N–H and O–H groups in total. The number of hydrogen-bond donors (Lipinski definition) is 0. The molecule has 232 valence electrons. The van der Waals surface area contributed by atoms with Crippen LogP contribution in [0.1, 0.15) is 0 Å². The third kappa shape index (κ3) is 4.19. The summed E-state index contributed by atoms with van der Waals surface area (Å²) >= 11 is 0. The average Bonchev–Trinajstić information content (AvgIpc) is 3.82. The van der Waals surface area contributed by atoms with Gasteiger partial charge in [-0.25, -0.2) is 13.8 Å². The van der Waals surface area contributed by atoms with Gasteiger partial charge in [-0.3, -0.25) is 9.13 Å². The maximum Gasteiger partial charge on any atom is 0.307 e. The second kappa shape index (κ2) is 10.4. The van der Waals surface area contributed by atoms with Crippen molar-refractivity contribution >= 4 is 54.7 Å². The van der Waals surface area contributed by atoms with E-state index in [-0.39, 0.29) is 11.6 Å². The van der Waals surface area contributed by atoms with Crippen LogP contribution in [-0.4, -0.2) is 29.1 Å². The Hall–Kier alpha value is -6.74. The predicted octanol–water partition coefficient (Wildman–Crippen LogP) is 9.82. The monoisotopic (exact) mass is 640 g/mol. The van der Waals surface area contributed by atoms with Crippen LogP contribution >= 0.6 is 0 Å². The first-order chi connectivity index (χ1) is 24.1. The molecule has 0 spiro atoms. The van der Waals surface area contributed by atoms with E-state index in [2.05, 4.69) is 34.9 Å². The lowest BCUT2D eigenvalue weighted by atomic mass is 10.1. The average molecular weight is 641 g/mol. The van der Waals surface area contributed by atoms with Crippen LogP contribution < -0.4 is 0 Å². The van der Waals surface area contributed by atoms with Crippen molar-refractivity contribution in [3.63, 3.8) is 0 Å². The van der Waals surface area contributed by atoms with Gasteiger partial charge in [0.2, 0.25) is 5.95 Å². The molecule has 0 radical (unpaired) electrons. The summed E-state index contributed by atoms with van der Waals surface area (Å²) in [6.45, 7) is 0. The van der Waals surface area contributed by atoms with E-state index in [0.717, 1.165) is 49.1 Å². The van der Waals surface area contributed by atoms with Gasteiger partial charge in [0.1, 0.15) is 17.2 Å². The molecule has 0 saturated heterocycles. The number of halogens is 2. The standard InChI is InChI=1S/C40H22F2N6O/c41-25-17-13-23(14-18-25)37-44-38(24-15-19-26(42)20-16-24)46-39(45-37)47-32-10-4-1-7-27(32)29-21-22-30-28-8-2-5-11-33(28)48(36(30)35(29)47)40-43-31-9-3-6-12-34(31)49-40/h1-22H. The molecule has 0 aliphatic rings. The summed E-state index contributed by atoms with van der Waals surface area (Å²) in [7, 11) is 0. The van der Waals surface area contributed by atoms with Gasteiger partial charge in [-0.1, -0.05) is 60.7 Å². The normalized spacial score (nSPS) is 11.9. The highest BCUT2D eigenvalue weighted by Crippen LogP contribution is 2.41. The van der Waals surface area contributed by atoms with Gasteiger partial charge in [0.15, 0.2) is 17.2 Å². The van der Waals surface area contributed by atoms with E-state index >= 15 is 0 Å². The number of aromatic nitrogens is 6. The zero-order chi connectivity index (χ0) is 32.6. The van der Waals surface area contributed by atoms with Gasteiger partial charge in [-0.15, -0.1) is 0 Å². The van der Waals surface area contributed by atoms with Crippen LogP contribution in [0.2, 0.25) is 0 Å². The summed E-state index contributed by atoms with van der Waals surface area (Å²) in [5.41, 5.74) is 6.18. The summed E-state index contributed by atoms with van der Waals surface area (Å²) in [6, 6.07) is 40.7. The van der Waals surface area contributed by atoms with Crippen LogP contribution in [0.3, 0.4) is 0 Å². The highest BCUT2D eigenvalue weighted by Gasteiger charge is 2.25. The molecule has 10 aromatic rings. The Morgan fingerprint density at radius 2 is 0.959 bits per heavy atom. The molecule has 4 heterocycles. The Labute approximate surface area is 276 Å². The van der Waals surface area contributed by atoms with Crippen LogP contribution in [0.25, 0.3) is 89.5 Å². The van der Waals surface area contributed by atoms with E-state index in [1.807, 2.05) is 59.2 Å². The van der Waals surface area contributed by atoms with E-state index in [0.29, 0.717) is 40.3 Å². The van der Waals surface area contributed by atoms with Crippen molar-refractivity contribution in [3.8, 4) is 34.7 Å². The van der Waals surface area contributed by atoms with Gasteiger partial charge in [0.05, 0.1) is 22.1 Å². The van der Waals surface area contributed by atoms with Gasteiger partial charge in [0, 0.05) is 32.7 Å². The lowest BCUT2D eigenvalue weighted by Crippen LogP contribution is -2.07. The minimum Gasteiger partial charge on any atom is -0.423 e. The number of benzene rings is 6. The summed E-state index contributed by atoms with van der Waals surface area (Å²) in [6.07, 6.45) is 0. The third-order valence-electron chi connectivity index (χ3n) is 8.97. The van der Waals surface area contributed by atoms with Crippen LogP contribution in [0, 0.1) is 11.6 Å². The van der Waals surface area contributed by atoms with Crippen LogP contribution in [0.15, 0.2) is 138 Å². The van der Waals surface area contributed by atoms with E-state index < -0.39 is 0 Å². The van der Waals surface area contributed by atoms with Gasteiger partial charge in [-0.2, -0.15) is 15.0 Å². The third-order valence-corrected chi connectivity index (χ3v) is 8.97. The minimum atomic E-state index is -0.367. The van der Waals surface area contributed by atoms with Crippen molar-refractivity contribution in [3.05, 3.63) is 145 Å². The molecule has 7 nitrogen and oxygen atoms in total. The lowest BCUT2D eigenvalue weighted by molar-refractivity contribution is 0.574. The second-order valence-electron chi connectivity index (χ2n) is 11.8. The Bertz CT molecular complexity index is 2810. The largest absolute Gasteiger partial charge is 0.423 e. The Balaban J connectivity index is 1.37. The molecule has 9 heteroatoms. The number of oxazole rings is 1. The highest BCUT2D eigenvalue weighted by atomic mass is 19.1. The van der Waals surface area contributed by atoms with Crippen molar-refractivity contribution < 1.29 is 13.2 Å². The first kappa shape index (κ1) is 27.4. The number of hydrogen-bond acceptors (Lipinski definition) is 5. The molecular formula is C40H22F2N6O. The SMILES string of the molecule is Fc1ccc(-c2nc(-c3ccc(F)cc3)nc(-n3c4ccccc4c4ccc5c6ccccc6n(-c6nc7ccccc7o6)c5c43)n2)cc1. The maximum absolute atomic E-state index is 14.0. The highest BCUT2D eigenvalue weighted by molar-refractivity contribution is 6.23. The molecule has 0 bridgehead atoms. The fourth-order valence-corrected chi connectivity index (χ4v) is 6.78. The van der Waals surface area contributed by atoms with Crippen LogP contribution in [0.4, 0.5) is 8.78 Å². The second-order valence-corrected chi connectivity index (χ2v) is 11.8. The molecule has 0 saturated carbocycles. The molecular weight excluding hydrogens is 618 g/mol. The fraction of sp³-hybridized carbons (Fsp3) is 0. The molecule has 0 aliphatic carbocycles. The van der Waals surface area contributed by atoms with E-state index in [9.17, 15) is 8.78 Å². The molecule has 10 rings (SSSR count). The van der Waals surface area contributed by atoms with Crippen LogP contribution in [0.5, 0.6) is 0 Å². The lowest BCUT2D eigenvalue weighted by Gasteiger charge is -2.12. The number of rotatable bonds is 4. The number of nitrogens with zero attached hydrogens (tertiary/aromatic N) is 6. The molecule has 0 amide bonds. The quantitative estimate of drug-likeness (QED) is 0.191. The number of fused-ring (bicyclic) bond motifs is 8. The number of para-hydroxylation sites is 4. The maximum atomic E-state index is 14.0.